The number of hydrogen-bond acceptors (Lipinski definition) is 3. The van der Waals surface area contributed by atoms with Gasteiger partial charge in [-0.15, -0.1) is 0 Å². The number of carbonyl (C=O) groups is 1. The maximum Gasteiger partial charge on any atom is 0.315 e. The van der Waals surface area contributed by atoms with Gasteiger partial charge in [-0.25, -0.2) is 9.78 Å². The lowest BCUT2D eigenvalue weighted by molar-refractivity contribution is 0.241. The molecule has 0 radical (unpaired) electrons. The van der Waals surface area contributed by atoms with Crippen molar-refractivity contribution >= 4 is 35.1 Å². The molecule has 0 saturated carbocycles. The largest absolute Gasteiger partial charge is 0.368 e. The summed E-state index contributed by atoms with van der Waals surface area (Å²) in [4.78, 5) is 15.8. The SMILES string of the molecule is O=C(NCCNc1ccccn1)NCc1ccc(Cl)cc1Cl. The summed E-state index contributed by atoms with van der Waals surface area (Å²) >= 11 is 11.9. The predicted molar refractivity (Wildman–Crippen MR) is 89.4 cm³/mol. The number of benzene rings is 1. The number of nitrogens with zero attached hydrogens (tertiary/aromatic N) is 1. The summed E-state index contributed by atoms with van der Waals surface area (Å²) in [6, 6.07) is 10.5. The third kappa shape index (κ3) is 5.42. The van der Waals surface area contributed by atoms with E-state index in [1.54, 1.807) is 24.4 Å². The Labute approximate surface area is 139 Å². The molecule has 0 atom stereocenters. The molecule has 5 nitrogen and oxygen atoms in total. The molecule has 7 heteroatoms. The van der Waals surface area contributed by atoms with E-state index in [1.165, 1.54) is 0 Å². The second kappa shape index (κ2) is 8.46. The highest BCUT2D eigenvalue weighted by atomic mass is 35.5. The molecular formula is C15H16Cl2N4O. The first kappa shape index (κ1) is 16.4. The van der Waals surface area contributed by atoms with Crippen molar-refractivity contribution in [3.05, 3.63) is 58.2 Å². The fraction of sp³-hybridized carbons (Fsp3) is 0.200. The Morgan fingerprint density at radius 2 is 1.95 bits per heavy atom. The van der Waals surface area contributed by atoms with Gasteiger partial charge in [0.2, 0.25) is 0 Å². The van der Waals surface area contributed by atoms with Crippen molar-refractivity contribution in [3.8, 4) is 0 Å². The van der Waals surface area contributed by atoms with Crippen LogP contribution in [-0.2, 0) is 6.54 Å². The maximum atomic E-state index is 11.7. The zero-order valence-corrected chi connectivity index (χ0v) is 13.3. The molecule has 2 amide bonds. The minimum Gasteiger partial charge on any atom is -0.368 e. The van der Waals surface area contributed by atoms with Crippen molar-refractivity contribution in [1.29, 1.82) is 0 Å². The maximum absolute atomic E-state index is 11.7. The number of rotatable bonds is 6. The highest BCUT2D eigenvalue weighted by molar-refractivity contribution is 6.35. The summed E-state index contributed by atoms with van der Waals surface area (Å²) < 4.78 is 0. The van der Waals surface area contributed by atoms with E-state index in [-0.39, 0.29) is 6.03 Å². The van der Waals surface area contributed by atoms with Gasteiger partial charge in [0, 0.05) is 35.9 Å². The number of urea groups is 1. The fourth-order valence-corrected chi connectivity index (χ4v) is 2.21. The molecule has 22 heavy (non-hydrogen) atoms. The van der Waals surface area contributed by atoms with Gasteiger partial charge in [0.05, 0.1) is 0 Å². The number of halogens is 2. The normalized spacial score (nSPS) is 10.1. The van der Waals surface area contributed by atoms with E-state index < -0.39 is 0 Å². The quantitative estimate of drug-likeness (QED) is 0.708. The molecule has 1 aromatic heterocycles. The van der Waals surface area contributed by atoms with Crippen LogP contribution in [0.1, 0.15) is 5.56 Å². The van der Waals surface area contributed by atoms with Gasteiger partial charge in [0.1, 0.15) is 5.82 Å². The first-order valence-electron chi connectivity index (χ1n) is 6.75. The molecular weight excluding hydrogens is 323 g/mol. The van der Waals surface area contributed by atoms with Crippen molar-refractivity contribution in [1.82, 2.24) is 15.6 Å². The molecule has 0 unspecified atom stereocenters. The third-order valence-electron chi connectivity index (χ3n) is 2.84. The molecule has 116 valence electrons. The average molecular weight is 339 g/mol. The first-order valence-corrected chi connectivity index (χ1v) is 7.51. The second-order valence-electron chi connectivity index (χ2n) is 4.49. The first-order chi connectivity index (χ1) is 10.6. The lowest BCUT2D eigenvalue weighted by atomic mass is 10.2. The molecule has 1 heterocycles. The molecule has 0 aliphatic rings. The van der Waals surface area contributed by atoms with Crippen LogP contribution in [0.15, 0.2) is 42.6 Å². The van der Waals surface area contributed by atoms with Gasteiger partial charge in [-0.05, 0) is 29.8 Å². The van der Waals surface area contributed by atoms with Crippen LogP contribution in [0.2, 0.25) is 10.0 Å². The standard InChI is InChI=1S/C15H16Cl2N4O/c16-12-5-4-11(13(17)9-12)10-21-15(22)20-8-7-19-14-3-1-2-6-18-14/h1-6,9H,7-8,10H2,(H,18,19)(H2,20,21,22). The zero-order chi connectivity index (χ0) is 15.8. The summed E-state index contributed by atoms with van der Waals surface area (Å²) in [5, 5.41) is 9.68. The number of carbonyl (C=O) groups excluding carboxylic acids is 1. The van der Waals surface area contributed by atoms with Gasteiger partial charge in [0.25, 0.3) is 0 Å². The van der Waals surface area contributed by atoms with Crippen molar-refractivity contribution in [3.63, 3.8) is 0 Å². The smallest absolute Gasteiger partial charge is 0.315 e. The third-order valence-corrected chi connectivity index (χ3v) is 3.42. The average Bonchev–Trinajstić information content (AvgIpc) is 2.52. The molecule has 0 aliphatic heterocycles. The summed E-state index contributed by atoms with van der Waals surface area (Å²) in [6.07, 6.45) is 1.71. The molecule has 2 aromatic rings. The van der Waals surface area contributed by atoms with Crippen LogP contribution in [0, 0.1) is 0 Å². The van der Waals surface area contributed by atoms with Crippen LogP contribution in [0.5, 0.6) is 0 Å². The minimum atomic E-state index is -0.256. The number of amides is 2. The number of anilines is 1. The minimum absolute atomic E-state index is 0.256. The monoisotopic (exact) mass is 338 g/mol. The van der Waals surface area contributed by atoms with Gasteiger partial charge in [-0.3, -0.25) is 0 Å². The van der Waals surface area contributed by atoms with E-state index >= 15 is 0 Å². The Balaban J connectivity index is 1.65. The number of nitrogens with one attached hydrogen (secondary N) is 3. The number of hydrogen-bond donors (Lipinski definition) is 3. The van der Waals surface area contributed by atoms with Crippen LogP contribution in [0.3, 0.4) is 0 Å². The Hall–Kier alpha value is -1.98. The van der Waals surface area contributed by atoms with Gasteiger partial charge in [-0.2, -0.15) is 0 Å². The van der Waals surface area contributed by atoms with Crippen LogP contribution < -0.4 is 16.0 Å². The molecule has 0 bridgehead atoms. The highest BCUT2D eigenvalue weighted by Gasteiger charge is 2.04. The van der Waals surface area contributed by atoms with Crippen molar-refractivity contribution in [2.24, 2.45) is 0 Å². The number of aromatic nitrogens is 1. The molecule has 1 aromatic carbocycles. The topological polar surface area (TPSA) is 66.0 Å². The Bertz CT molecular complexity index is 622. The van der Waals surface area contributed by atoms with Crippen LogP contribution >= 0.6 is 23.2 Å². The Kier molecular flexibility index (Phi) is 6.30. The summed E-state index contributed by atoms with van der Waals surface area (Å²) in [5.41, 5.74) is 0.813. The molecule has 0 spiro atoms. The van der Waals surface area contributed by atoms with E-state index in [0.29, 0.717) is 29.7 Å². The lowest BCUT2D eigenvalue weighted by Gasteiger charge is -2.10. The molecule has 0 saturated heterocycles. The second-order valence-corrected chi connectivity index (χ2v) is 5.33. The predicted octanol–water partition coefficient (Wildman–Crippen LogP) is 3.30. The Morgan fingerprint density at radius 3 is 2.68 bits per heavy atom. The van der Waals surface area contributed by atoms with Crippen LogP contribution in [0.4, 0.5) is 10.6 Å². The molecule has 0 fully saturated rings. The molecule has 2 rings (SSSR count). The van der Waals surface area contributed by atoms with E-state index in [2.05, 4.69) is 20.9 Å². The van der Waals surface area contributed by atoms with Crippen molar-refractivity contribution in [2.45, 2.75) is 6.54 Å². The Morgan fingerprint density at radius 1 is 1.09 bits per heavy atom. The van der Waals surface area contributed by atoms with Crippen molar-refractivity contribution < 1.29 is 4.79 Å². The molecule has 0 aliphatic carbocycles. The van der Waals surface area contributed by atoms with Gasteiger partial charge < -0.3 is 16.0 Å². The van der Waals surface area contributed by atoms with E-state index in [1.807, 2.05) is 18.2 Å². The van der Waals surface area contributed by atoms with E-state index in [9.17, 15) is 4.79 Å². The van der Waals surface area contributed by atoms with Gasteiger partial charge >= 0.3 is 6.03 Å². The molecule has 3 N–H and O–H groups in total. The van der Waals surface area contributed by atoms with Gasteiger partial charge in [0.15, 0.2) is 0 Å². The summed E-state index contributed by atoms with van der Waals surface area (Å²) in [6.45, 7) is 1.42. The lowest BCUT2D eigenvalue weighted by Crippen LogP contribution is -2.37. The van der Waals surface area contributed by atoms with E-state index in [0.717, 1.165) is 11.4 Å². The highest BCUT2D eigenvalue weighted by Crippen LogP contribution is 2.20. The summed E-state index contributed by atoms with van der Waals surface area (Å²) in [7, 11) is 0. The number of pyridine rings is 1. The van der Waals surface area contributed by atoms with Crippen LogP contribution in [0.25, 0.3) is 0 Å². The fourth-order valence-electron chi connectivity index (χ4n) is 1.74. The van der Waals surface area contributed by atoms with Gasteiger partial charge in [-0.1, -0.05) is 35.3 Å². The van der Waals surface area contributed by atoms with Crippen molar-refractivity contribution in [2.75, 3.05) is 18.4 Å². The summed E-state index contributed by atoms with van der Waals surface area (Å²) in [5.74, 6) is 0.776. The van der Waals surface area contributed by atoms with E-state index in [4.69, 9.17) is 23.2 Å². The van der Waals surface area contributed by atoms with Crippen LogP contribution in [-0.4, -0.2) is 24.1 Å². The zero-order valence-electron chi connectivity index (χ0n) is 11.8.